The Labute approximate surface area is 127 Å². The van der Waals surface area contributed by atoms with Gasteiger partial charge in [0, 0.05) is 4.47 Å². The number of hydrogen-bond donors (Lipinski definition) is 1. The van der Waals surface area contributed by atoms with Crippen LogP contribution in [0.25, 0.3) is 0 Å². The fraction of sp³-hybridized carbons (Fsp3) is 0.562. The zero-order chi connectivity index (χ0) is 14.6. The van der Waals surface area contributed by atoms with E-state index >= 15 is 0 Å². The van der Waals surface area contributed by atoms with Crippen LogP contribution < -0.4 is 0 Å². The summed E-state index contributed by atoms with van der Waals surface area (Å²) in [4.78, 5) is 11.8. The summed E-state index contributed by atoms with van der Waals surface area (Å²) in [6, 6.07) is 4.68. The van der Waals surface area contributed by atoms with Crippen molar-refractivity contribution in [2.75, 3.05) is 0 Å². The Morgan fingerprint density at radius 3 is 2.30 bits per heavy atom. The maximum atomic E-state index is 13.5. The van der Waals surface area contributed by atoms with Gasteiger partial charge in [-0.2, -0.15) is 0 Å². The van der Waals surface area contributed by atoms with E-state index in [2.05, 4.69) is 15.9 Å². The number of benzene rings is 1. The van der Waals surface area contributed by atoms with Crippen LogP contribution in [0.5, 0.6) is 0 Å². The second-order valence-electron chi connectivity index (χ2n) is 5.81. The number of carboxylic acids is 1. The first-order chi connectivity index (χ1) is 9.52. The van der Waals surface area contributed by atoms with E-state index in [4.69, 9.17) is 0 Å². The molecule has 0 saturated heterocycles. The van der Waals surface area contributed by atoms with Crippen molar-refractivity contribution in [2.24, 2.45) is 5.41 Å². The molecule has 0 bridgehead atoms. The molecule has 2 rings (SSSR count). The molecule has 0 aromatic heterocycles. The Bertz CT molecular complexity index is 459. The fourth-order valence-corrected chi connectivity index (χ4v) is 3.66. The number of halogens is 2. The van der Waals surface area contributed by atoms with Gasteiger partial charge in [-0.15, -0.1) is 0 Å². The Morgan fingerprint density at radius 1 is 1.15 bits per heavy atom. The van der Waals surface area contributed by atoms with Crippen molar-refractivity contribution in [3.05, 3.63) is 34.1 Å². The molecule has 1 aromatic rings. The second-order valence-corrected chi connectivity index (χ2v) is 6.72. The number of carbonyl (C=O) groups is 1. The van der Waals surface area contributed by atoms with Crippen LogP contribution in [0.15, 0.2) is 22.7 Å². The third kappa shape index (κ3) is 3.81. The monoisotopic (exact) mass is 342 g/mol. The highest BCUT2D eigenvalue weighted by molar-refractivity contribution is 9.10. The first-order valence-electron chi connectivity index (χ1n) is 7.20. The predicted octanol–water partition coefficient (Wildman–Crippen LogP) is 4.95. The van der Waals surface area contributed by atoms with Gasteiger partial charge in [0.25, 0.3) is 0 Å². The summed E-state index contributed by atoms with van der Waals surface area (Å²) in [6.45, 7) is 0. The summed E-state index contributed by atoms with van der Waals surface area (Å²) in [7, 11) is 0. The molecule has 1 fully saturated rings. The molecular formula is C16H20BrFO2. The van der Waals surface area contributed by atoms with Crippen molar-refractivity contribution in [2.45, 2.75) is 51.4 Å². The molecule has 0 radical (unpaired) electrons. The lowest BCUT2D eigenvalue weighted by Gasteiger charge is -2.31. The predicted molar refractivity (Wildman–Crippen MR) is 80.2 cm³/mol. The van der Waals surface area contributed by atoms with Gasteiger partial charge in [0.2, 0.25) is 0 Å². The van der Waals surface area contributed by atoms with Gasteiger partial charge < -0.3 is 5.11 Å². The maximum Gasteiger partial charge on any atom is 0.309 e. The second kappa shape index (κ2) is 6.70. The zero-order valence-corrected chi connectivity index (χ0v) is 13.1. The Kier molecular flexibility index (Phi) is 5.19. The van der Waals surface area contributed by atoms with E-state index in [-0.39, 0.29) is 5.82 Å². The Balaban J connectivity index is 2.25. The molecule has 1 aliphatic rings. The van der Waals surface area contributed by atoms with Crippen LogP contribution in [0.3, 0.4) is 0 Å². The van der Waals surface area contributed by atoms with Crippen molar-refractivity contribution in [3.8, 4) is 0 Å². The van der Waals surface area contributed by atoms with E-state index in [1.807, 2.05) is 6.07 Å². The quantitative estimate of drug-likeness (QED) is 0.843. The minimum Gasteiger partial charge on any atom is -0.481 e. The molecule has 1 aliphatic carbocycles. The van der Waals surface area contributed by atoms with Gasteiger partial charge in [0.1, 0.15) is 5.82 Å². The lowest BCUT2D eigenvalue weighted by Crippen LogP contribution is -2.34. The molecular weight excluding hydrogens is 323 g/mol. The molecule has 0 atom stereocenters. The van der Waals surface area contributed by atoms with Crippen LogP contribution in [0.4, 0.5) is 4.39 Å². The van der Waals surface area contributed by atoms with E-state index in [1.165, 1.54) is 18.6 Å². The molecule has 1 aromatic carbocycles. The first-order valence-corrected chi connectivity index (χ1v) is 7.99. The van der Waals surface area contributed by atoms with Gasteiger partial charge >= 0.3 is 5.97 Å². The summed E-state index contributed by atoms with van der Waals surface area (Å²) in [5.41, 5.74) is 0.0352. The van der Waals surface area contributed by atoms with Crippen LogP contribution in [0.1, 0.15) is 50.5 Å². The minimum absolute atomic E-state index is 0.319. The molecule has 0 aliphatic heterocycles. The molecule has 20 heavy (non-hydrogen) atoms. The van der Waals surface area contributed by atoms with Crippen LogP contribution in [-0.4, -0.2) is 11.1 Å². The highest BCUT2D eigenvalue weighted by Crippen LogP contribution is 2.38. The third-order valence-corrected chi connectivity index (χ3v) is 4.69. The topological polar surface area (TPSA) is 37.3 Å². The lowest BCUT2D eigenvalue weighted by atomic mass is 9.72. The van der Waals surface area contributed by atoms with Gasteiger partial charge in [0.05, 0.1) is 5.41 Å². The van der Waals surface area contributed by atoms with E-state index < -0.39 is 11.4 Å². The molecule has 0 heterocycles. The number of rotatable bonds is 3. The largest absolute Gasteiger partial charge is 0.481 e. The van der Waals surface area contributed by atoms with Crippen LogP contribution in [0.2, 0.25) is 0 Å². The molecule has 110 valence electrons. The highest BCUT2D eigenvalue weighted by Gasteiger charge is 2.38. The van der Waals surface area contributed by atoms with Crippen molar-refractivity contribution in [1.82, 2.24) is 0 Å². The summed E-state index contributed by atoms with van der Waals surface area (Å²) in [6.07, 6.45) is 7.09. The number of aliphatic carboxylic acids is 1. The van der Waals surface area contributed by atoms with Crippen LogP contribution in [0, 0.1) is 11.2 Å². The first kappa shape index (κ1) is 15.5. The van der Waals surface area contributed by atoms with Gasteiger partial charge in [-0.3, -0.25) is 4.79 Å². The molecule has 0 spiro atoms. The molecule has 0 unspecified atom stereocenters. The van der Waals surface area contributed by atoms with Gasteiger partial charge in [0.15, 0.2) is 0 Å². The molecule has 1 N–H and O–H groups in total. The smallest absolute Gasteiger partial charge is 0.309 e. The summed E-state index contributed by atoms with van der Waals surface area (Å²) >= 11 is 3.27. The van der Waals surface area contributed by atoms with Crippen molar-refractivity contribution in [3.63, 3.8) is 0 Å². The average molecular weight is 343 g/mol. The van der Waals surface area contributed by atoms with Crippen LogP contribution >= 0.6 is 15.9 Å². The zero-order valence-electron chi connectivity index (χ0n) is 11.5. The maximum absolute atomic E-state index is 13.5. The number of carboxylic acid groups (broad SMARTS) is 1. The van der Waals surface area contributed by atoms with E-state index in [1.54, 1.807) is 0 Å². The van der Waals surface area contributed by atoms with E-state index in [0.29, 0.717) is 23.7 Å². The summed E-state index contributed by atoms with van der Waals surface area (Å²) in [5, 5.41) is 9.70. The molecule has 4 heteroatoms. The minimum atomic E-state index is -0.736. The van der Waals surface area contributed by atoms with Crippen molar-refractivity contribution >= 4 is 21.9 Å². The van der Waals surface area contributed by atoms with Crippen molar-refractivity contribution in [1.29, 1.82) is 0 Å². The van der Waals surface area contributed by atoms with E-state index in [0.717, 1.165) is 31.2 Å². The molecule has 0 amide bonds. The Morgan fingerprint density at radius 2 is 1.75 bits per heavy atom. The third-order valence-electron chi connectivity index (χ3n) is 4.23. The van der Waals surface area contributed by atoms with Crippen LogP contribution in [-0.2, 0) is 11.2 Å². The number of hydrogen-bond acceptors (Lipinski definition) is 1. The Hall–Kier alpha value is -0.900. The van der Waals surface area contributed by atoms with E-state index in [9.17, 15) is 14.3 Å². The van der Waals surface area contributed by atoms with Gasteiger partial charge in [-0.1, -0.05) is 48.0 Å². The van der Waals surface area contributed by atoms with Gasteiger partial charge in [-0.05, 0) is 43.0 Å². The van der Waals surface area contributed by atoms with Crippen molar-refractivity contribution < 1.29 is 14.3 Å². The molecule has 1 saturated carbocycles. The highest BCUT2D eigenvalue weighted by atomic mass is 79.9. The summed E-state index contributed by atoms with van der Waals surface area (Å²) in [5.74, 6) is -1.06. The lowest BCUT2D eigenvalue weighted by molar-refractivity contribution is -0.150. The standard InChI is InChI=1S/C16H20BrFO2/c17-13-8-12(9-14(18)10-13)11-16(15(19)20)6-4-2-1-3-5-7-16/h8-10H,1-7,11H2,(H,19,20). The SMILES string of the molecule is O=C(O)C1(Cc2cc(F)cc(Br)c2)CCCCCCC1. The average Bonchev–Trinajstić information content (AvgIpc) is 2.31. The fourth-order valence-electron chi connectivity index (χ4n) is 3.15. The summed E-state index contributed by atoms with van der Waals surface area (Å²) < 4.78 is 14.1. The normalized spacial score (nSPS) is 19.1. The molecule has 2 nitrogen and oxygen atoms in total. The van der Waals surface area contributed by atoms with Gasteiger partial charge in [-0.25, -0.2) is 4.39 Å².